The number of imidazole rings is 1. The zero-order valence-corrected chi connectivity index (χ0v) is 41.6. The fourth-order valence-corrected chi connectivity index (χ4v) is 11.7. The Labute approximate surface area is 418 Å². The van der Waals surface area contributed by atoms with Gasteiger partial charge in [0.25, 0.3) is 11.1 Å². The summed E-state index contributed by atoms with van der Waals surface area (Å²) in [5.41, 5.74) is 8.53. The van der Waals surface area contributed by atoms with Crippen molar-refractivity contribution in [2.45, 2.75) is 93.2 Å². The summed E-state index contributed by atoms with van der Waals surface area (Å²) < 4.78 is 50.4. The van der Waals surface area contributed by atoms with Crippen molar-refractivity contribution in [2.24, 2.45) is 0 Å². The second kappa shape index (κ2) is 22.6. The number of nitrogens with zero attached hydrogens (tertiary/aromatic N) is 8. The number of hydrogen-bond acceptors (Lipinski definition) is 27. The van der Waals surface area contributed by atoms with Gasteiger partial charge in [-0.2, -0.15) is 4.98 Å². The van der Waals surface area contributed by atoms with Crippen LogP contribution in [0.3, 0.4) is 0 Å². The predicted molar refractivity (Wildman–Crippen MR) is 252 cm³/mol. The zero-order chi connectivity index (χ0) is 51.6. The summed E-state index contributed by atoms with van der Waals surface area (Å²) in [4.78, 5) is 107. The lowest BCUT2D eigenvalue weighted by Crippen LogP contribution is -2.34. The van der Waals surface area contributed by atoms with Crippen LogP contribution in [0.1, 0.15) is 49.7 Å². The Bertz CT molecular complexity index is 3160. The number of aryl methyl sites for hydroxylation is 1. The smallest absolute Gasteiger partial charge is 0.351 e. The standard InChI is InChI=1S/C29H37N9O15P2S2.C8H11N3O3S/c1-13-7-37(29(44)35-27(13)42)23-6-16(53-54(45,56)47-9-18-14(40)4-21(50-18)38-12-33-24-25(30)31-11-32-26(24)38)19(51-23)10-48-55(46,57)52-15-5-22(49-17(15)8-39)36-3-2-20(41)34-28(36)43;9-5-1-2-11(8(13)10-5)6-4-15-7(3-12)14-6/h2-3,7,11-12,14-19,21-23,39-40H,4-6,8-10H2,1H3,(H,45,56)(H,46,57)(H2,30,31,32)(H,34,41,43)(H,35,42,44);1-2,6-7,12H,3-4H2,(H2,9,10,13)/p-2/t14-,15-,16-,17+,18+,19+,21+,22+,23+,54?,55?;6-,7+/m00/s1. The van der Waals surface area contributed by atoms with Crippen molar-refractivity contribution in [1.29, 1.82) is 0 Å². The number of fused-ring (bicyclic) bond motifs is 1. The molecule has 0 spiro atoms. The van der Waals surface area contributed by atoms with Gasteiger partial charge in [0.2, 0.25) is 0 Å². The highest BCUT2D eigenvalue weighted by Gasteiger charge is 2.43. The number of aliphatic hydroxyl groups is 3. The molecule has 0 aromatic carbocycles. The molecule has 5 aromatic heterocycles. The van der Waals surface area contributed by atoms with Gasteiger partial charge in [-0.05, 0) is 13.0 Å². The number of nitrogens with one attached hydrogen (secondary N) is 2. The van der Waals surface area contributed by atoms with Crippen molar-refractivity contribution in [3.63, 3.8) is 0 Å². The molecule has 0 amide bonds. The van der Waals surface area contributed by atoms with Crippen LogP contribution in [0.25, 0.3) is 11.2 Å². The van der Waals surface area contributed by atoms with Gasteiger partial charge >= 0.3 is 17.1 Å². The summed E-state index contributed by atoms with van der Waals surface area (Å²) in [7, 11) is 0. The third-order valence-electron chi connectivity index (χ3n) is 11.4. The third kappa shape index (κ3) is 12.5. The molecule has 9 N–H and O–H groups in total. The SMILES string of the molecule is Cc1cn([C@H]2C[C@H](OP([O-])(=S)OC[C@H]3O[C@@H](n4cnc5c(N)ncnc54)C[C@@H]3O)[C@@H](COP([O-])(=S)O[C@H]3C[C@H](n4ccc(=O)[nH]c4=O)O[C@@H]3CO)O2)c(=O)[nH]c1=O.Nc1ccn([C@@H]2CS[C@H](CO)O2)c(=O)n1. The summed E-state index contributed by atoms with van der Waals surface area (Å²) >= 11 is 11.8. The Morgan fingerprint density at radius 2 is 1.42 bits per heavy atom. The fourth-order valence-electron chi connectivity index (χ4n) is 7.90. The normalized spacial score (nSPS) is 28.9. The number of rotatable bonds is 16. The van der Waals surface area contributed by atoms with Gasteiger partial charge in [0.1, 0.15) is 79.8 Å². The van der Waals surface area contributed by atoms with Gasteiger partial charge in [-0.25, -0.2) is 29.3 Å². The van der Waals surface area contributed by atoms with E-state index in [1.807, 2.05) is 0 Å². The number of ether oxygens (including phenoxy) is 4. The Morgan fingerprint density at radius 1 is 0.792 bits per heavy atom. The molecule has 30 nitrogen and oxygen atoms in total. The van der Waals surface area contributed by atoms with Gasteiger partial charge in [-0.15, -0.1) is 11.8 Å². The van der Waals surface area contributed by atoms with Crippen molar-refractivity contribution in [2.75, 3.05) is 43.6 Å². The fraction of sp³-hybridized carbons (Fsp3) is 0.541. The van der Waals surface area contributed by atoms with Crippen LogP contribution in [-0.4, -0.2) is 138 Å². The van der Waals surface area contributed by atoms with E-state index in [4.69, 9.17) is 77.2 Å². The molecule has 0 saturated carbocycles. The van der Waals surface area contributed by atoms with Crippen LogP contribution in [0.15, 0.2) is 67.4 Å². The number of anilines is 2. The molecule has 0 bridgehead atoms. The largest absolute Gasteiger partial charge is 0.780 e. The van der Waals surface area contributed by atoms with Crippen LogP contribution in [0.4, 0.5) is 11.6 Å². The minimum absolute atomic E-state index is 0.0572. The summed E-state index contributed by atoms with van der Waals surface area (Å²) in [5, 5.41) is 29.5. The Kier molecular flexibility index (Phi) is 16.9. The first-order valence-corrected chi connectivity index (χ1v) is 27.7. The van der Waals surface area contributed by atoms with Gasteiger partial charge in [-0.3, -0.25) is 37.8 Å². The molecule has 2 unspecified atom stereocenters. The summed E-state index contributed by atoms with van der Waals surface area (Å²) in [5.74, 6) is 0.971. The highest BCUT2D eigenvalue weighted by atomic mass is 32.5. The van der Waals surface area contributed by atoms with Gasteiger partial charge in [0.05, 0.1) is 51.1 Å². The van der Waals surface area contributed by atoms with Crippen LogP contribution in [0.5, 0.6) is 0 Å². The number of thioether (sulfide) groups is 1. The molecule has 5 aromatic rings. The second-order valence-electron chi connectivity index (χ2n) is 16.3. The summed E-state index contributed by atoms with van der Waals surface area (Å²) in [6, 6.07) is 2.64. The van der Waals surface area contributed by atoms with E-state index in [0.29, 0.717) is 16.9 Å². The minimum atomic E-state index is -4.45. The molecule has 9 rings (SSSR count). The predicted octanol–water partition coefficient (Wildman–Crippen LogP) is -3.59. The molecule has 72 heavy (non-hydrogen) atoms. The molecule has 4 aliphatic rings. The maximum Gasteiger partial charge on any atom is 0.351 e. The number of aromatic nitrogens is 10. The van der Waals surface area contributed by atoms with Crippen molar-refractivity contribution in [3.05, 3.63) is 101 Å². The van der Waals surface area contributed by atoms with E-state index in [9.17, 15) is 44.0 Å². The average molecular weight is 1100 g/mol. The summed E-state index contributed by atoms with van der Waals surface area (Å²) in [6.45, 7) is -9.21. The Balaban J connectivity index is 0.000000393. The lowest BCUT2D eigenvalue weighted by molar-refractivity contribution is -0.219. The average Bonchev–Trinajstić information content (AvgIpc) is 4.18. The number of aliphatic hydroxyl groups excluding tert-OH is 3. The first-order chi connectivity index (χ1) is 34.2. The molecule has 35 heteroatoms. The summed E-state index contributed by atoms with van der Waals surface area (Å²) in [6.07, 6.45) is -3.73. The van der Waals surface area contributed by atoms with E-state index >= 15 is 0 Å². The third-order valence-corrected chi connectivity index (χ3v) is 15.7. The molecule has 13 atom stereocenters. The van der Waals surface area contributed by atoms with Crippen LogP contribution < -0.4 is 49.4 Å². The van der Waals surface area contributed by atoms with Crippen molar-refractivity contribution in [3.8, 4) is 0 Å². The van der Waals surface area contributed by atoms with Gasteiger partial charge in [0.15, 0.2) is 11.5 Å². The maximum atomic E-state index is 13.6. The number of H-pyrrole nitrogens is 2. The van der Waals surface area contributed by atoms with E-state index in [1.54, 1.807) is 16.8 Å². The first-order valence-electron chi connectivity index (χ1n) is 21.5. The highest BCUT2D eigenvalue weighted by Crippen LogP contribution is 2.49. The van der Waals surface area contributed by atoms with Crippen molar-refractivity contribution >= 4 is 71.6 Å². The minimum Gasteiger partial charge on any atom is -0.780 e. The molecule has 0 radical (unpaired) electrons. The molecule has 9 heterocycles. The van der Waals surface area contributed by atoms with Gasteiger partial charge < -0.3 is 73.6 Å². The monoisotopic (exact) mass is 1100 g/mol. The Morgan fingerprint density at radius 3 is 2.08 bits per heavy atom. The lowest BCUT2D eigenvalue weighted by Gasteiger charge is -2.35. The number of nitrogens with two attached hydrogens (primary N) is 2. The van der Waals surface area contributed by atoms with Crippen molar-refractivity contribution < 1.29 is 62.1 Å². The zero-order valence-electron chi connectivity index (χ0n) is 37.4. The van der Waals surface area contributed by atoms with E-state index in [-0.39, 0.29) is 54.7 Å². The van der Waals surface area contributed by atoms with E-state index in [1.165, 1.54) is 48.3 Å². The number of nitrogen functional groups attached to an aromatic ring is 2. The quantitative estimate of drug-likeness (QED) is 0.0470. The Hall–Kier alpha value is -4.48. The molecular formula is C37H46N12O18P2S3-2. The van der Waals surface area contributed by atoms with Crippen LogP contribution in [0, 0.1) is 6.92 Å². The van der Waals surface area contributed by atoms with E-state index in [2.05, 4.69) is 29.9 Å². The second-order valence-corrected chi connectivity index (χ2v) is 22.9. The van der Waals surface area contributed by atoms with Gasteiger partial charge in [0, 0.05) is 55.2 Å². The maximum absolute atomic E-state index is 13.6. The number of aromatic amines is 2. The number of hydrogen-bond donors (Lipinski definition) is 7. The molecular weight excluding hydrogens is 1060 g/mol. The van der Waals surface area contributed by atoms with Crippen LogP contribution >= 0.6 is 25.2 Å². The van der Waals surface area contributed by atoms with Crippen LogP contribution in [0.2, 0.25) is 0 Å². The molecule has 4 fully saturated rings. The lowest BCUT2D eigenvalue weighted by atomic mass is 10.2. The van der Waals surface area contributed by atoms with E-state index in [0.717, 1.165) is 15.2 Å². The molecule has 4 saturated heterocycles. The van der Waals surface area contributed by atoms with Crippen LogP contribution in [-0.2, 0) is 60.7 Å². The molecule has 4 aliphatic heterocycles. The molecule has 0 aliphatic carbocycles. The van der Waals surface area contributed by atoms with E-state index < -0.39 is 117 Å². The van der Waals surface area contributed by atoms with Crippen molar-refractivity contribution in [1.82, 2.24) is 48.2 Å². The first kappa shape index (κ1) is 53.8. The van der Waals surface area contributed by atoms with Gasteiger partial charge in [-0.1, -0.05) is 23.6 Å². The topological polar surface area (TPSA) is 421 Å². The highest BCUT2D eigenvalue weighted by molar-refractivity contribution is 8.06. The molecule has 392 valence electrons.